The molecule has 0 aliphatic heterocycles. The predicted octanol–water partition coefficient (Wildman–Crippen LogP) is 0.125. The van der Waals surface area contributed by atoms with Crippen molar-refractivity contribution in [2.45, 2.75) is 39.2 Å². The molecule has 21 heavy (non-hydrogen) atoms. The quantitative estimate of drug-likeness (QED) is 0.819. The van der Waals surface area contributed by atoms with Crippen molar-refractivity contribution in [2.75, 3.05) is 6.54 Å². The molecule has 0 atom stereocenters. The van der Waals surface area contributed by atoms with E-state index >= 15 is 0 Å². The number of aryl methyl sites for hydroxylation is 3. The van der Waals surface area contributed by atoms with E-state index in [0.717, 1.165) is 36.1 Å². The molecule has 2 rings (SSSR count). The number of fused-ring (bicyclic) bond motifs is 1. The zero-order valence-electron chi connectivity index (χ0n) is 12.9. The van der Waals surface area contributed by atoms with Crippen LogP contribution in [0.1, 0.15) is 32.0 Å². The van der Waals surface area contributed by atoms with Gasteiger partial charge in [-0.25, -0.2) is 9.78 Å². The van der Waals surface area contributed by atoms with Crippen LogP contribution in [0.3, 0.4) is 0 Å². The van der Waals surface area contributed by atoms with Crippen LogP contribution in [0.2, 0.25) is 0 Å². The Morgan fingerprint density at radius 1 is 1.14 bits per heavy atom. The number of hydrogen-bond acceptors (Lipinski definition) is 4. The molecule has 0 bridgehead atoms. The van der Waals surface area contributed by atoms with Crippen LogP contribution in [0, 0.1) is 0 Å². The van der Waals surface area contributed by atoms with Crippen LogP contribution in [-0.2, 0) is 27.1 Å². The lowest BCUT2D eigenvalue weighted by molar-refractivity contribution is 0.613. The first-order chi connectivity index (χ1) is 10.0. The van der Waals surface area contributed by atoms with Crippen molar-refractivity contribution in [1.82, 2.24) is 18.7 Å². The summed E-state index contributed by atoms with van der Waals surface area (Å²) in [6.45, 7) is 3.32. The Balaban J connectivity index is 2.74. The Morgan fingerprint density at radius 2 is 1.86 bits per heavy atom. The number of nitrogens with zero attached hydrogens (tertiary/aromatic N) is 4. The van der Waals surface area contributed by atoms with Gasteiger partial charge in [0.2, 0.25) is 0 Å². The van der Waals surface area contributed by atoms with Crippen LogP contribution in [0.25, 0.3) is 11.2 Å². The smallest absolute Gasteiger partial charge is 0.330 e. The summed E-state index contributed by atoms with van der Waals surface area (Å²) >= 11 is 0. The molecule has 0 aromatic carbocycles. The topological polar surface area (TPSA) is 87.8 Å². The molecule has 0 amide bonds. The van der Waals surface area contributed by atoms with E-state index in [1.807, 2.05) is 4.57 Å². The minimum absolute atomic E-state index is 0.291. The van der Waals surface area contributed by atoms with Gasteiger partial charge in [-0.1, -0.05) is 13.3 Å². The molecule has 0 radical (unpaired) electrons. The van der Waals surface area contributed by atoms with Gasteiger partial charge in [0.25, 0.3) is 5.56 Å². The summed E-state index contributed by atoms with van der Waals surface area (Å²) in [7, 11) is 3.14. The first kappa shape index (κ1) is 15.5. The number of imidazole rings is 1. The van der Waals surface area contributed by atoms with Gasteiger partial charge in [-0.05, 0) is 19.4 Å². The van der Waals surface area contributed by atoms with Crippen LogP contribution >= 0.6 is 0 Å². The van der Waals surface area contributed by atoms with Crippen LogP contribution in [0.5, 0.6) is 0 Å². The summed E-state index contributed by atoms with van der Waals surface area (Å²) in [6, 6.07) is 0. The first-order valence-electron chi connectivity index (χ1n) is 7.38. The zero-order valence-corrected chi connectivity index (χ0v) is 12.9. The minimum Gasteiger partial charge on any atom is -0.330 e. The Morgan fingerprint density at radius 3 is 2.48 bits per heavy atom. The fourth-order valence-corrected chi connectivity index (χ4v) is 2.51. The van der Waals surface area contributed by atoms with Gasteiger partial charge < -0.3 is 10.3 Å². The molecular formula is C14H23N5O2. The van der Waals surface area contributed by atoms with E-state index in [9.17, 15) is 9.59 Å². The highest BCUT2D eigenvalue weighted by molar-refractivity contribution is 5.71. The second-order valence-electron chi connectivity index (χ2n) is 5.30. The third-order valence-corrected chi connectivity index (χ3v) is 3.77. The van der Waals surface area contributed by atoms with Gasteiger partial charge >= 0.3 is 5.69 Å². The molecule has 7 heteroatoms. The van der Waals surface area contributed by atoms with Crippen molar-refractivity contribution >= 4 is 11.2 Å². The van der Waals surface area contributed by atoms with E-state index in [1.54, 1.807) is 7.05 Å². The van der Waals surface area contributed by atoms with E-state index < -0.39 is 0 Å². The molecule has 0 aliphatic rings. The highest BCUT2D eigenvalue weighted by atomic mass is 16.2. The lowest BCUT2D eigenvalue weighted by Crippen LogP contribution is -2.37. The van der Waals surface area contributed by atoms with Gasteiger partial charge in [-0.15, -0.1) is 0 Å². The highest BCUT2D eigenvalue weighted by Gasteiger charge is 2.18. The molecule has 0 saturated carbocycles. The monoisotopic (exact) mass is 293 g/mol. The second-order valence-corrected chi connectivity index (χ2v) is 5.30. The fraction of sp³-hybridized carbons (Fsp3) is 0.643. The maximum absolute atomic E-state index is 12.4. The molecule has 0 fully saturated rings. The molecule has 7 nitrogen and oxygen atoms in total. The van der Waals surface area contributed by atoms with E-state index in [2.05, 4.69) is 11.9 Å². The summed E-state index contributed by atoms with van der Waals surface area (Å²) in [4.78, 5) is 29.0. The van der Waals surface area contributed by atoms with Crippen LogP contribution in [-0.4, -0.2) is 25.2 Å². The minimum atomic E-state index is -0.349. The molecule has 0 saturated heterocycles. The lowest BCUT2D eigenvalue weighted by atomic mass is 10.2. The van der Waals surface area contributed by atoms with Crippen molar-refractivity contribution < 1.29 is 0 Å². The molecule has 2 aromatic rings. The number of unbranched alkanes of at least 4 members (excludes halogenated alkanes) is 1. The number of rotatable bonds is 6. The molecule has 2 N–H and O–H groups in total. The maximum Gasteiger partial charge on any atom is 0.332 e. The zero-order chi connectivity index (χ0) is 15.6. The van der Waals surface area contributed by atoms with Crippen molar-refractivity contribution in [3.63, 3.8) is 0 Å². The molecule has 0 spiro atoms. The lowest BCUT2D eigenvalue weighted by Gasteiger charge is -2.08. The normalized spacial score (nSPS) is 11.4. The Bertz CT molecular complexity index is 753. The summed E-state index contributed by atoms with van der Waals surface area (Å²) in [5, 5.41) is 0. The highest BCUT2D eigenvalue weighted by Crippen LogP contribution is 2.14. The van der Waals surface area contributed by atoms with Crippen molar-refractivity contribution in [3.05, 3.63) is 26.7 Å². The molecule has 116 valence electrons. The van der Waals surface area contributed by atoms with Crippen LogP contribution in [0.15, 0.2) is 9.59 Å². The average molecular weight is 293 g/mol. The summed E-state index contributed by atoms with van der Waals surface area (Å²) in [5.41, 5.74) is 5.91. The average Bonchev–Trinajstić information content (AvgIpc) is 2.85. The predicted molar refractivity (Wildman–Crippen MR) is 82.5 cm³/mol. The summed E-state index contributed by atoms with van der Waals surface area (Å²) in [6.07, 6.45) is 3.63. The van der Waals surface area contributed by atoms with Crippen molar-refractivity contribution in [1.29, 1.82) is 0 Å². The van der Waals surface area contributed by atoms with E-state index in [0.29, 0.717) is 24.3 Å². The first-order valence-corrected chi connectivity index (χ1v) is 7.38. The Kier molecular flexibility index (Phi) is 4.62. The second kappa shape index (κ2) is 6.26. The molecule has 2 aromatic heterocycles. The third kappa shape index (κ3) is 2.65. The molecule has 0 aliphatic carbocycles. The fourth-order valence-electron chi connectivity index (χ4n) is 2.51. The van der Waals surface area contributed by atoms with Crippen LogP contribution < -0.4 is 17.0 Å². The van der Waals surface area contributed by atoms with Gasteiger partial charge in [-0.3, -0.25) is 13.9 Å². The standard InChI is InChI=1S/C14H23N5O2/c1-4-5-7-10-16-12-11(19(10)9-6-8-15)13(20)18(3)14(21)17(12)2/h4-9,15H2,1-3H3. The van der Waals surface area contributed by atoms with Crippen molar-refractivity contribution in [3.8, 4) is 0 Å². The third-order valence-electron chi connectivity index (χ3n) is 3.77. The van der Waals surface area contributed by atoms with Gasteiger partial charge in [0.05, 0.1) is 0 Å². The Hall–Kier alpha value is -1.89. The van der Waals surface area contributed by atoms with Crippen LogP contribution in [0.4, 0.5) is 0 Å². The molecular weight excluding hydrogens is 270 g/mol. The number of nitrogens with two attached hydrogens (primary N) is 1. The molecule has 2 heterocycles. The van der Waals surface area contributed by atoms with Gasteiger partial charge in [0.15, 0.2) is 11.2 Å². The maximum atomic E-state index is 12.4. The largest absolute Gasteiger partial charge is 0.332 e. The number of hydrogen-bond donors (Lipinski definition) is 1. The van der Waals surface area contributed by atoms with Gasteiger partial charge in [0.1, 0.15) is 5.82 Å². The number of aromatic nitrogens is 4. The summed E-state index contributed by atoms with van der Waals surface area (Å²) in [5.74, 6) is 0.860. The summed E-state index contributed by atoms with van der Waals surface area (Å²) < 4.78 is 4.50. The van der Waals surface area contributed by atoms with Gasteiger partial charge in [0, 0.05) is 27.1 Å². The van der Waals surface area contributed by atoms with E-state index in [-0.39, 0.29) is 11.2 Å². The van der Waals surface area contributed by atoms with Crippen molar-refractivity contribution in [2.24, 2.45) is 19.8 Å². The van der Waals surface area contributed by atoms with Gasteiger partial charge in [-0.2, -0.15) is 0 Å². The SMILES string of the molecule is CCCCc1nc2c(c(=O)n(C)c(=O)n2C)n1CCCN. The molecule has 0 unspecified atom stereocenters. The van der Waals surface area contributed by atoms with E-state index in [1.165, 1.54) is 11.6 Å². The van der Waals surface area contributed by atoms with E-state index in [4.69, 9.17) is 5.73 Å². The Labute approximate surface area is 123 Å².